The Morgan fingerprint density at radius 3 is 2.89 bits per heavy atom. The van der Waals surface area contributed by atoms with Crippen molar-refractivity contribution in [2.45, 2.75) is 46.1 Å². The van der Waals surface area contributed by atoms with E-state index in [4.69, 9.17) is 4.74 Å². The molecule has 2 atom stereocenters. The van der Waals surface area contributed by atoms with Gasteiger partial charge in [0.15, 0.2) is 0 Å². The van der Waals surface area contributed by atoms with Crippen LogP contribution in [0.4, 0.5) is 0 Å². The molecule has 3 heteroatoms. The third-order valence-corrected chi connectivity index (χ3v) is 4.38. The molecule has 2 fully saturated rings. The number of nitrogens with zero attached hydrogens (tertiary/aromatic N) is 1. The van der Waals surface area contributed by atoms with Crippen molar-refractivity contribution >= 4 is 0 Å². The standard InChI is InChI=1S/C15H30N2O/c1-4-7-16-14-5-9-18-11-13(14)10-17-8-6-15(2,3)12-17/h13-14,16H,4-12H2,1-3H3. The minimum atomic E-state index is 0.516. The highest BCUT2D eigenvalue weighted by Crippen LogP contribution is 2.30. The van der Waals surface area contributed by atoms with Crippen LogP contribution in [0, 0.1) is 11.3 Å². The second kappa shape index (κ2) is 6.36. The highest BCUT2D eigenvalue weighted by Gasteiger charge is 2.33. The van der Waals surface area contributed by atoms with Gasteiger partial charge in [-0.25, -0.2) is 0 Å². The third kappa shape index (κ3) is 3.94. The lowest BCUT2D eigenvalue weighted by atomic mass is 9.92. The summed E-state index contributed by atoms with van der Waals surface area (Å²) in [6, 6.07) is 0.669. The van der Waals surface area contributed by atoms with Gasteiger partial charge in [-0.05, 0) is 37.8 Å². The van der Waals surface area contributed by atoms with Gasteiger partial charge in [-0.15, -0.1) is 0 Å². The zero-order valence-corrected chi connectivity index (χ0v) is 12.4. The van der Waals surface area contributed by atoms with Crippen molar-refractivity contribution in [3.05, 3.63) is 0 Å². The van der Waals surface area contributed by atoms with Gasteiger partial charge in [0.2, 0.25) is 0 Å². The first-order valence-corrected chi connectivity index (χ1v) is 7.64. The Morgan fingerprint density at radius 2 is 2.22 bits per heavy atom. The summed E-state index contributed by atoms with van der Waals surface area (Å²) in [5.74, 6) is 0.680. The largest absolute Gasteiger partial charge is 0.381 e. The first-order valence-electron chi connectivity index (χ1n) is 7.64. The van der Waals surface area contributed by atoms with Crippen molar-refractivity contribution in [2.24, 2.45) is 11.3 Å². The number of ether oxygens (including phenoxy) is 1. The van der Waals surface area contributed by atoms with Crippen LogP contribution in [0.3, 0.4) is 0 Å². The maximum atomic E-state index is 5.69. The molecule has 0 aromatic heterocycles. The summed E-state index contributed by atoms with van der Waals surface area (Å²) < 4.78 is 5.69. The fraction of sp³-hybridized carbons (Fsp3) is 1.00. The van der Waals surface area contributed by atoms with Gasteiger partial charge in [-0.3, -0.25) is 0 Å². The van der Waals surface area contributed by atoms with E-state index in [1.165, 1.54) is 38.9 Å². The van der Waals surface area contributed by atoms with E-state index in [0.29, 0.717) is 17.4 Å². The smallest absolute Gasteiger partial charge is 0.0521 e. The zero-order chi connectivity index (χ0) is 13.0. The summed E-state index contributed by atoms with van der Waals surface area (Å²) >= 11 is 0. The van der Waals surface area contributed by atoms with E-state index in [1.54, 1.807) is 0 Å². The van der Waals surface area contributed by atoms with Crippen LogP contribution in [0.5, 0.6) is 0 Å². The predicted molar refractivity (Wildman–Crippen MR) is 75.8 cm³/mol. The number of rotatable bonds is 5. The fourth-order valence-corrected chi connectivity index (χ4v) is 3.29. The molecule has 18 heavy (non-hydrogen) atoms. The van der Waals surface area contributed by atoms with E-state index in [-0.39, 0.29) is 0 Å². The monoisotopic (exact) mass is 254 g/mol. The van der Waals surface area contributed by atoms with Gasteiger partial charge >= 0.3 is 0 Å². The first-order chi connectivity index (χ1) is 8.61. The maximum Gasteiger partial charge on any atom is 0.0521 e. The molecule has 2 heterocycles. The molecule has 2 unspecified atom stereocenters. The van der Waals surface area contributed by atoms with Gasteiger partial charge in [0.05, 0.1) is 6.61 Å². The van der Waals surface area contributed by atoms with E-state index in [0.717, 1.165) is 19.8 Å². The Hall–Kier alpha value is -0.120. The lowest BCUT2D eigenvalue weighted by Crippen LogP contribution is -2.47. The Labute approximate surface area is 112 Å². The quantitative estimate of drug-likeness (QED) is 0.813. The summed E-state index contributed by atoms with van der Waals surface area (Å²) in [7, 11) is 0. The second-order valence-electron chi connectivity index (χ2n) is 6.83. The average Bonchev–Trinajstić information content (AvgIpc) is 2.68. The van der Waals surface area contributed by atoms with Crippen LogP contribution < -0.4 is 5.32 Å². The average molecular weight is 254 g/mol. The van der Waals surface area contributed by atoms with Gasteiger partial charge in [-0.1, -0.05) is 20.8 Å². The topological polar surface area (TPSA) is 24.5 Å². The van der Waals surface area contributed by atoms with Crippen molar-refractivity contribution in [1.29, 1.82) is 0 Å². The summed E-state index contributed by atoms with van der Waals surface area (Å²) in [5, 5.41) is 3.71. The van der Waals surface area contributed by atoms with Crippen molar-refractivity contribution < 1.29 is 4.74 Å². The number of hydrogen-bond donors (Lipinski definition) is 1. The summed E-state index contributed by atoms with van der Waals surface area (Å²) in [5.41, 5.74) is 0.516. The second-order valence-corrected chi connectivity index (χ2v) is 6.83. The molecule has 0 bridgehead atoms. The molecule has 0 aromatic rings. The minimum absolute atomic E-state index is 0.516. The van der Waals surface area contributed by atoms with Crippen molar-refractivity contribution in [2.75, 3.05) is 39.4 Å². The molecule has 0 radical (unpaired) electrons. The van der Waals surface area contributed by atoms with Gasteiger partial charge in [0.1, 0.15) is 0 Å². The van der Waals surface area contributed by atoms with E-state index < -0.39 is 0 Å². The van der Waals surface area contributed by atoms with Crippen LogP contribution in [0.1, 0.15) is 40.0 Å². The molecule has 0 spiro atoms. The van der Waals surface area contributed by atoms with Gasteiger partial charge in [-0.2, -0.15) is 0 Å². The molecule has 2 aliphatic heterocycles. The molecule has 0 aromatic carbocycles. The van der Waals surface area contributed by atoms with E-state index in [1.807, 2.05) is 0 Å². The fourth-order valence-electron chi connectivity index (χ4n) is 3.29. The Morgan fingerprint density at radius 1 is 1.39 bits per heavy atom. The summed E-state index contributed by atoms with van der Waals surface area (Å²) in [4.78, 5) is 2.64. The lowest BCUT2D eigenvalue weighted by Gasteiger charge is -2.35. The Bertz CT molecular complexity index is 255. The van der Waals surface area contributed by atoms with Crippen molar-refractivity contribution in [3.63, 3.8) is 0 Å². The third-order valence-electron chi connectivity index (χ3n) is 4.38. The normalized spacial score (nSPS) is 32.8. The molecule has 0 amide bonds. The molecule has 2 saturated heterocycles. The molecule has 0 saturated carbocycles. The summed E-state index contributed by atoms with van der Waals surface area (Å²) in [6.45, 7) is 13.8. The molecule has 106 valence electrons. The highest BCUT2D eigenvalue weighted by atomic mass is 16.5. The van der Waals surface area contributed by atoms with Crippen LogP contribution in [0.15, 0.2) is 0 Å². The van der Waals surface area contributed by atoms with Crippen LogP contribution in [0.2, 0.25) is 0 Å². The molecule has 0 aliphatic carbocycles. The summed E-state index contributed by atoms with van der Waals surface area (Å²) in [6.07, 6.45) is 3.75. The molecule has 3 nitrogen and oxygen atoms in total. The van der Waals surface area contributed by atoms with Crippen LogP contribution in [-0.4, -0.2) is 50.3 Å². The number of hydrogen-bond acceptors (Lipinski definition) is 3. The molecule has 2 rings (SSSR count). The number of likely N-dealkylation sites (tertiary alicyclic amines) is 1. The van der Waals surface area contributed by atoms with E-state index in [9.17, 15) is 0 Å². The van der Waals surface area contributed by atoms with Gasteiger partial charge in [0.25, 0.3) is 0 Å². The molecular formula is C15H30N2O. The van der Waals surface area contributed by atoms with Crippen LogP contribution in [0.25, 0.3) is 0 Å². The lowest BCUT2D eigenvalue weighted by molar-refractivity contribution is 0.0185. The van der Waals surface area contributed by atoms with E-state index >= 15 is 0 Å². The van der Waals surface area contributed by atoms with Crippen LogP contribution in [-0.2, 0) is 4.74 Å². The van der Waals surface area contributed by atoms with Crippen molar-refractivity contribution in [3.8, 4) is 0 Å². The first kappa shape index (κ1) is 14.3. The zero-order valence-electron chi connectivity index (χ0n) is 12.4. The van der Waals surface area contributed by atoms with E-state index in [2.05, 4.69) is 31.0 Å². The molecule has 2 aliphatic rings. The van der Waals surface area contributed by atoms with Gasteiger partial charge in [0, 0.05) is 31.7 Å². The highest BCUT2D eigenvalue weighted by molar-refractivity contribution is 4.87. The predicted octanol–water partition coefficient (Wildman–Crippen LogP) is 2.12. The maximum absolute atomic E-state index is 5.69. The SMILES string of the molecule is CCCNC1CCOCC1CN1CCC(C)(C)C1. The molecular weight excluding hydrogens is 224 g/mol. The Kier molecular flexibility index (Phi) is 5.05. The Balaban J connectivity index is 1.82. The molecule has 1 N–H and O–H groups in total. The minimum Gasteiger partial charge on any atom is -0.381 e. The van der Waals surface area contributed by atoms with Crippen molar-refractivity contribution in [1.82, 2.24) is 10.2 Å². The van der Waals surface area contributed by atoms with Crippen LogP contribution >= 0.6 is 0 Å². The number of nitrogens with one attached hydrogen (secondary N) is 1. The van der Waals surface area contributed by atoms with Gasteiger partial charge < -0.3 is 15.0 Å².